The minimum absolute atomic E-state index is 0.887. The van der Waals surface area contributed by atoms with E-state index in [0.29, 0.717) is 0 Å². The van der Waals surface area contributed by atoms with Crippen molar-refractivity contribution in [2.45, 2.75) is 0 Å². The lowest BCUT2D eigenvalue weighted by atomic mass is 9.90. The van der Waals surface area contributed by atoms with Crippen LogP contribution in [0.2, 0.25) is 0 Å². The lowest BCUT2D eigenvalue weighted by molar-refractivity contribution is 0.669. The van der Waals surface area contributed by atoms with Gasteiger partial charge in [-0.05, 0) is 136 Å². The summed E-state index contributed by atoms with van der Waals surface area (Å²) in [5.41, 5.74) is 17.9. The molecular formula is C60H40N2O. The molecule has 0 saturated heterocycles. The van der Waals surface area contributed by atoms with Crippen LogP contribution < -0.4 is 4.90 Å². The van der Waals surface area contributed by atoms with E-state index >= 15 is 0 Å². The molecule has 0 aliphatic heterocycles. The zero-order valence-electron chi connectivity index (χ0n) is 34.4. The van der Waals surface area contributed by atoms with E-state index < -0.39 is 0 Å². The summed E-state index contributed by atoms with van der Waals surface area (Å²) in [5, 5.41) is 4.68. The van der Waals surface area contributed by atoms with Crippen LogP contribution in [0, 0.1) is 0 Å². The van der Waals surface area contributed by atoms with E-state index in [-0.39, 0.29) is 0 Å². The molecule has 0 aliphatic rings. The molecule has 2 aromatic heterocycles. The van der Waals surface area contributed by atoms with Crippen molar-refractivity contribution in [3.05, 3.63) is 243 Å². The standard InChI is InChI=1S/C60H40N2O/c1-4-15-41(16-5-1)42-27-32-49(33-28-42)62-57-25-12-10-23-52(57)55-39-44(30-35-58(55)62)43-29-34-51(54(38-43)46-31-36-60-56(40-46)53-24-11-13-26-59(53)63-60)45-17-14-22-50(37-45)61(47-18-6-2-7-19-47)48-20-8-3-9-21-48/h1-40H. The molecule has 12 aromatic rings. The van der Waals surface area contributed by atoms with Crippen LogP contribution in [0.5, 0.6) is 0 Å². The van der Waals surface area contributed by atoms with Gasteiger partial charge in [-0.25, -0.2) is 0 Å². The average Bonchev–Trinajstić information content (AvgIpc) is 3.90. The van der Waals surface area contributed by atoms with Gasteiger partial charge in [0.25, 0.3) is 0 Å². The Kier molecular flexibility index (Phi) is 8.83. The van der Waals surface area contributed by atoms with E-state index in [1.165, 1.54) is 38.5 Å². The molecule has 12 rings (SSSR count). The van der Waals surface area contributed by atoms with E-state index in [2.05, 4.69) is 240 Å². The highest BCUT2D eigenvalue weighted by atomic mass is 16.3. The quantitative estimate of drug-likeness (QED) is 0.153. The molecule has 10 aromatic carbocycles. The summed E-state index contributed by atoms with van der Waals surface area (Å²) in [7, 11) is 0. The molecule has 3 nitrogen and oxygen atoms in total. The van der Waals surface area contributed by atoms with Crippen molar-refractivity contribution < 1.29 is 4.42 Å². The number of benzene rings is 10. The zero-order valence-corrected chi connectivity index (χ0v) is 34.4. The van der Waals surface area contributed by atoms with E-state index in [9.17, 15) is 0 Å². The van der Waals surface area contributed by atoms with Gasteiger partial charge in [0.2, 0.25) is 0 Å². The minimum Gasteiger partial charge on any atom is -0.456 e. The second kappa shape index (κ2) is 15.3. The Bertz CT molecular complexity index is 3560. The number of rotatable bonds is 8. The Morgan fingerprint density at radius 2 is 0.810 bits per heavy atom. The third-order valence-electron chi connectivity index (χ3n) is 12.4. The first-order valence-electron chi connectivity index (χ1n) is 21.5. The zero-order chi connectivity index (χ0) is 41.7. The molecule has 0 bridgehead atoms. The first-order valence-corrected chi connectivity index (χ1v) is 21.5. The summed E-state index contributed by atoms with van der Waals surface area (Å²) < 4.78 is 8.70. The summed E-state index contributed by atoms with van der Waals surface area (Å²) in [4.78, 5) is 2.32. The number of furan rings is 1. The maximum absolute atomic E-state index is 6.31. The maximum atomic E-state index is 6.31. The largest absolute Gasteiger partial charge is 0.456 e. The van der Waals surface area contributed by atoms with E-state index in [0.717, 1.165) is 72.5 Å². The molecule has 0 unspecified atom stereocenters. The van der Waals surface area contributed by atoms with Gasteiger partial charge in [0.15, 0.2) is 0 Å². The SMILES string of the molecule is c1ccc(-c2ccc(-n3c4ccccc4c4cc(-c5ccc(-c6cccc(N(c7ccccc7)c7ccccc7)c6)c(-c6ccc7oc8ccccc8c7c6)c5)ccc43)cc2)cc1. The molecular weight excluding hydrogens is 765 g/mol. The lowest BCUT2D eigenvalue weighted by Gasteiger charge is -2.26. The maximum Gasteiger partial charge on any atom is 0.135 e. The van der Waals surface area contributed by atoms with Crippen LogP contribution in [0.15, 0.2) is 247 Å². The van der Waals surface area contributed by atoms with Gasteiger partial charge in [-0.3, -0.25) is 0 Å². The number of hydrogen-bond acceptors (Lipinski definition) is 2. The van der Waals surface area contributed by atoms with Crippen molar-refractivity contribution in [2.75, 3.05) is 4.90 Å². The Labute approximate surface area is 366 Å². The van der Waals surface area contributed by atoms with Crippen LogP contribution in [-0.4, -0.2) is 4.57 Å². The molecule has 0 radical (unpaired) electrons. The van der Waals surface area contributed by atoms with Crippen LogP contribution in [-0.2, 0) is 0 Å². The van der Waals surface area contributed by atoms with Gasteiger partial charge in [0, 0.05) is 44.3 Å². The van der Waals surface area contributed by atoms with Crippen molar-refractivity contribution in [3.8, 4) is 50.2 Å². The topological polar surface area (TPSA) is 21.3 Å². The minimum atomic E-state index is 0.887. The van der Waals surface area contributed by atoms with Gasteiger partial charge in [-0.1, -0.05) is 152 Å². The first-order chi connectivity index (χ1) is 31.2. The van der Waals surface area contributed by atoms with Crippen LogP contribution >= 0.6 is 0 Å². The van der Waals surface area contributed by atoms with Gasteiger partial charge in [0.05, 0.1) is 11.0 Å². The molecule has 296 valence electrons. The smallest absolute Gasteiger partial charge is 0.135 e. The van der Waals surface area contributed by atoms with Crippen LogP contribution in [0.3, 0.4) is 0 Å². The second-order valence-electron chi connectivity index (χ2n) is 16.1. The van der Waals surface area contributed by atoms with Crippen molar-refractivity contribution >= 4 is 60.8 Å². The Hall–Kier alpha value is -8.40. The van der Waals surface area contributed by atoms with Crippen molar-refractivity contribution in [2.24, 2.45) is 0 Å². The number of fused-ring (bicyclic) bond motifs is 6. The van der Waals surface area contributed by atoms with E-state index in [1.54, 1.807) is 0 Å². The van der Waals surface area contributed by atoms with Crippen LogP contribution in [0.25, 0.3) is 93.9 Å². The molecule has 3 heteroatoms. The molecule has 0 aliphatic carbocycles. The van der Waals surface area contributed by atoms with Gasteiger partial charge in [0.1, 0.15) is 11.2 Å². The number of para-hydroxylation sites is 4. The number of aromatic nitrogens is 1. The highest BCUT2D eigenvalue weighted by Gasteiger charge is 2.18. The predicted molar refractivity (Wildman–Crippen MR) is 264 cm³/mol. The van der Waals surface area contributed by atoms with Crippen LogP contribution in [0.4, 0.5) is 17.1 Å². The molecule has 0 fully saturated rings. The predicted octanol–water partition coefficient (Wildman–Crippen LogP) is 16.8. The fraction of sp³-hybridized carbons (Fsp3) is 0. The normalized spacial score (nSPS) is 11.5. The molecule has 63 heavy (non-hydrogen) atoms. The van der Waals surface area contributed by atoms with Gasteiger partial charge < -0.3 is 13.9 Å². The average molecular weight is 805 g/mol. The Morgan fingerprint density at radius 1 is 0.286 bits per heavy atom. The molecule has 0 saturated carbocycles. The summed E-state index contributed by atoms with van der Waals surface area (Å²) in [6, 6.07) is 87.2. The highest BCUT2D eigenvalue weighted by molar-refractivity contribution is 6.11. The monoisotopic (exact) mass is 804 g/mol. The Balaban J connectivity index is 1.01. The van der Waals surface area contributed by atoms with Gasteiger partial charge >= 0.3 is 0 Å². The highest BCUT2D eigenvalue weighted by Crippen LogP contribution is 2.43. The summed E-state index contributed by atoms with van der Waals surface area (Å²) in [6.07, 6.45) is 0. The third kappa shape index (κ3) is 6.46. The van der Waals surface area contributed by atoms with Crippen molar-refractivity contribution in [1.29, 1.82) is 0 Å². The number of anilines is 3. The number of nitrogens with zero attached hydrogens (tertiary/aromatic N) is 2. The molecule has 0 N–H and O–H groups in total. The summed E-state index contributed by atoms with van der Waals surface area (Å²) >= 11 is 0. The third-order valence-corrected chi connectivity index (χ3v) is 12.4. The fourth-order valence-corrected chi connectivity index (χ4v) is 9.39. The molecule has 0 atom stereocenters. The van der Waals surface area contributed by atoms with E-state index in [4.69, 9.17) is 4.42 Å². The second-order valence-corrected chi connectivity index (χ2v) is 16.1. The molecule has 0 spiro atoms. The lowest BCUT2D eigenvalue weighted by Crippen LogP contribution is -2.09. The van der Waals surface area contributed by atoms with Gasteiger partial charge in [-0.2, -0.15) is 0 Å². The van der Waals surface area contributed by atoms with Crippen LogP contribution in [0.1, 0.15) is 0 Å². The first kappa shape index (κ1) is 36.5. The molecule has 2 heterocycles. The van der Waals surface area contributed by atoms with Gasteiger partial charge in [-0.15, -0.1) is 0 Å². The number of hydrogen-bond donors (Lipinski definition) is 0. The van der Waals surface area contributed by atoms with Crippen molar-refractivity contribution in [3.63, 3.8) is 0 Å². The van der Waals surface area contributed by atoms with E-state index in [1.807, 2.05) is 12.1 Å². The fourth-order valence-electron chi connectivity index (χ4n) is 9.39. The Morgan fingerprint density at radius 3 is 1.59 bits per heavy atom. The van der Waals surface area contributed by atoms with Crippen molar-refractivity contribution in [1.82, 2.24) is 4.57 Å². The molecule has 0 amide bonds. The summed E-state index contributed by atoms with van der Waals surface area (Å²) in [6.45, 7) is 0. The summed E-state index contributed by atoms with van der Waals surface area (Å²) in [5.74, 6) is 0.